The van der Waals surface area contributed by atoms with Crippen LogP contribution in [0.25, 0.3) is 0 Å². The second-order valence-electron chi connectivity index (χ2n) is 4.64. The molecule has 3 N–H and O–H groups in total. The Morgan fingerprint density at radius 2 is 2.00 bits per heavy atom. The van der Waals surface area contributed by atoms with Crippen LogP contribution >= 0.6 is 11.3 Å². The number of methoxy groups -OCH3 is 1. The molecule has 4 heteroatoms. The topological polar surface area (TPSA) is 47.3 Å². The molecule has 0 amide bonds. The summed E-state index contributed by atoms with van der Waals surface area (Å²) in [5.74, 6) is 6.10. The maximum absolute atomic E-state index is 5.65. The highest BCUT2D eigenvalue weighted by atomic mass is 32.1. The molecule has 1 aromatic heterocycles. The van der Waals surface area contributed by atoms with E-state index in [0.717, 1.165) is 12.8 Å². The predicted octanol–water partition coefficient (Wildman–Crippen LogP) is 2.36. The average Bonchev–Trinajstić information content (AvgIpc) is 2.76. The van der Waals surface area contributed by atoms with E-state index in [2.05, 4.69) is 38.3 Å². The van der Waals surface area contributed by atoms with Crippen LogP contribution in [-0.2, 0) is 17.6 Å². The summed E-state index contributed by atoms with van der Waals surface area (Å²) in [6.07, 6.45) is 2.17. The zero-order valence-electron chi connectivity index (χ0n) is 11.2. The molecule has 3 nitrogen and oxygen atoms in total. The van der Waals surface area contributed by atoms with Crippen LogP contribution in [0.5, 0.6) is 0 Å². The van der Waals surface area contributed by atoms with Crippen molar-refractivity contribution in [1.82, 2.24) is 5.43 Å². The van der Waals surface area contributed by atoms with E-state index in [1.54, 1.807) is 7.11 Å². The molecular formula is C13H24N2OS. The second-order valence-corrected chi connectivity index (χ2v) is 5.90. The normalized spacial score (nSPS) is 15.2. The van der Waals surface area contributed by atoms with Crippen LogP contribution in [0.3, 0.4) is 0 Å². The number of hydrogen-bond acceptors (Lipinski definition) is 4. The minimum atomic E-state index is 0.146. The molecule has 0 aliphatic carbocycles. The van der Waals surface area contributed by atoms with E-state index in [-0.39, 0.29) is 12.1 Å². The van der Waals surface area contributed by atoms with Crippen molar-refractivity contribution in [2.24, 2.45) is 11.8 Å². The number of ether oxygens (including phenoxy) is 1. The average molecular weight is 256 g/mol. The summed E-state index contributed by atoms with van der Waals surface area (Å²) in [5.41, 5.74) is 2.89. The lowest BCUT2D eigenvalue weighted by atomic mass is 9.97. The molecule has 0 spiro atoms. The molecule has 0 aliphatic rings. The smallest absolute Gasteiger partial charge is 0.0764 e. The van der Waals surface area contributed by atoms with Gasteiger partial charge in [0.2, 0.25) is 0 Å². The van der Waals surface area contributed by atoms with Crippen molar-refractivity contribution in [2.75, 3.05) is 7.11 Å². The third-order valence-corrected chi connectivity index (χ3v) is 4.28. The molecule has 0 bridgehead atoms. The van der Waals surface area contributed by atoms with Crippen LogP contribution < -0.4 is 11.3 Å². The molecule has 2 atom stereocenters. The van der Waals surface area contributed by atoms with Crippen molar-refractivity contribution in [3.05, 3.63) is 21.9 Å². The molecule has 0 saturated carbocycles. The van der Waals surface area contributed by atoms with Gasteiger partial charge in [0.25, 0.3) is 0 Å². The number of thiophene rings is 1. The van der Waals surface area contributed by atoms with Crippen LogP contribution in [0.1, 0.15) is 30.5 Å². The highest BCUT2D eigenvalue weighted by molar-refractivity contribution is 7.11. The third kappa shape index (κ3) is 4.07. The van der Waals surface area contributed by atoms with Crippen molar-refractivity contribution in [1.29, 1.82) is 0 Å². The van der Waals surface area contributed by atoms with E-state index in [1.807, 2.05) is 11.3 Å². The summed E-state index contributed by atoms with van der Waals surface area (Å²) < 4.78 is 5.53. The van der Waals surface area contributed by atoms with Crippen molar-refractivity contribution in [3.8, 4) is 0 Å². The molecule has 2 unspecified atom stereocenters. The molecule has 17 heavy (non-hydrogen) atoms. The molecule has 0 saturated heterocycles. The molecule has 0 aromatic carbocycles. The SMILES string of the molecule is CCc1ccc(CC(NN)C(OC)C(C)C)s1. The van der Waals surface area contributed by atoms with Gasteiger partial charge in [-0.2, -0.15) is 0 Å². The van der Waals surface area contributed by atoms with Gasteiger partial charge in [-0.3, -0.25) is 11.3 Å². The monoisotopic (exact) mass is 256 g/mol. The Bertz CT molecular complexity index is 325. The fraction of sp³-hybridized carbons (Fsp3) is 0.692. The Labute approximate surface area is 108 Å². The first-order valence-corrected chi connectivity index (χ1v) is 7.00. The van der Waals surface area contributed by atoms with Crippen LogP contribution in [0, 0.1) is 5.92 Å². The zero-order chi connectivity index (χ0) is 12.8. The summed E-state index contributed by atoms with van der Waals surface area (Å²) >= 11 is 1.87. The number of hydrazine groups is 1. The summed E-state index contributed by atoms with van der Waals surface area (Å²) in [6.45, 7) is 6.50. The Hall–Kier alpha value is -0.420. The number of rotatable bonds is 7. The van der Waals surface area contributed by atoms with E-state index < -0.39 is 0 Å². The summed E-state index contributed by atoms with van der Waals surface area (Å²) in [5, 5.41) is 0. The van der Waals surface area contributed by atoms with E-state index in [1.165, 1.54) is 9.75 Å². The fourth-order valence-electron chi connectivity index (χ4n) is 2.11. The van der Waals surface area contributed by atoms with Gasteiger partial charge in [-0.15, -0.1) is 11.3 Å². The summed E-state index contributed by atoms with van der Waals surface area (Å²) in [4.78, 5) is 2.79. The molecule has 0 fully saturated rings. The minimum absolute atomic E-state index is 0.146. The number of nitrogens with one attached hydrogen (secondary N) is 1. The largest absolute Gasteiger partial charge is 0.380 e. The summed E-state index contributed by atoms with van der Waals surface area (Å²) in [7, 11) is 1.75. The second kappa shape index (κ2) is 7.11. The highest BCUT2D eigenvalue weighted by Gasteiger charge is 2.24. The van der Waals surface area contributed by atoms with E-state index in [9.17, 15) is 0 Å². The quantitative estimate of drug-likeness (QED) is 0.581. The fourth-order valence-corrected chi connectivity index (χ4v) is 3.13. The van der Waals surface area contributed by atoms with Gasteiger partial charge in [-0.25, -0.2) is 0 Å². The molecule has 1 heterocycles. The van der Waals surface area contributed by atoms with Gasteiger partial charge in [0, 0.05) is 23.3 Å². The first-order chi connectivity index (χ1) is 8.12. The van der Waals surface area contributed by atoms with Gasteiger partial charge in [-0.05, 0) is 24.5 Å². The van der Waals surface area contributed by atoms with E-state index >= 15 is 0 Å². The molecule has 0 aliphatic heterocycles. The van der Waals surface area contributed by atoms with Crippen LogP contribution in [-0.4, -0.2) is 19.3 Å². The molecule has 0 radical (unpaired) electrons. The number of nitrogens with two attached hydrogens (primary N) is 1. The van der Waals surface area contributed by atoms with Crippen LogP contribution in [0.2, 0.25) is 0 Å². The first-order valence-electron chi connectivity index (χ1n) is 6.18. The molecule has 98 valence electrons. The van der Waals surface area contributed by atoms with Gasteiger partial charge < -0.3 is 4.74 Å². The first kappa shape index (κ1) is 14.6. The minimum Gasteiger partial charge on any atom is -0.380 e. The van der Waals surface area contributed by atoms with Gasteiger partial charge >= 0.3 is 0 Å². The standard InChI is InChI=1S/C13H24N2OS/c1-5-10-6-7-11(17-10)8-12(15-14)13(16-4)9(2)3/h6-7,9,12-13,15H,5,8,14H2,1-4H3. The Kier molecular flexibility index (Phi) is 6.12. The van der Waals surface area contributed by atoms with Crippen molar-refractivity contribution < 1.29 is 4.74 Å². The molecule has 1 rings (SSSR count). The number of hydrogen-bond donors (Lipinski definition) is 2. The third-order valence-electron chi connectivity index (χ3n) is 3.03. The van der Waals surface area contributed by atoms with Crippen molar-refractivity contribution in [3.63, 3.8) is 0 Å². The van der Waals surface area contributed by atoms with E-state index in [4.69, 9.17) is 10.6 Å². The zero-order valence-corrected chi connectivity index (χ0v) is 12.0. The van der Waals surface area contributed by atoms with Crippen molar-refractivity contribution >= 4 is 11.3 Å². The van der Waals surface area contributed by atoms with Crippen LogP contribution in [0.15, 0.2) is 12.1 Å². The van der Waals surface area contributed by atoms with Gasteiger partial charge in [0.05, 0.1) is 12.1 Å². The van der Waals surface area contributed by atoms with Gasteiger partial charge in [0.1, 0.15) is 0 Å². The maximum Gasteiger partial charge on any atom is 0.0764 e. The summed E-state index contributed by atoms with van der Waals surface area (Å²) in [6, 6.07) is 4.56. The lowest BCUT2D eigenvalue weighted by Gasteiger charge is -2.28. The molecular weight excluding hydrogens is 232 g/mol. The Morgan fingerprint density at radius 3 is 2.41 bits per heavy atom. The maximum atomic E-state index is 5.65. The predicted molar refractivity (Wildman–Crippen MR) is 74.1 cm³/mol. The van der Waals surface area contributed by atoms with Crippen molar-refractivity contribution in [2.45, 2.75) is 45.8 Å². The highest BCUT2D eigenvalue weighted by Crippen LogP contribution is 2.21. The lowest BCUT2D eigenvalue weighted by molar-refractivity contribution is 0.0334. The van der Waals surface area contributed by atoms with Crippen LogP contribution in [0.4, 0.5) is 0 Å². The lowest BCUT2D eigenvalue weighted by Crippen LogP contribution is -2.48. The number of aryl methyl sites for hydroxylation is 1. The van der Waals surface area contributed by atoms with E-state index in [0.29, 0.717) is 5.92 Å². The molecule has 1 aromatic rings. The van der Waals surface area contributed by atoms with Gasteiger partial charge in [0.15, 0.2) is 0 Å². The van der Waals surface area contributed by atoms with Gasteiger partial charge in [-0.1, -0.05) is 20.8 Å². The Balaban J connectivity index is 2.68. The Morgan fingerprint density at radius 1 is 1.35 bits per heavy atom.